The highest BCUT2D eigenvalue weighted by Gasteiger charge is 2.23. The van der Waals surface area contributed by atoms with E-state index in [4.69, 9.17) is 4.74 Å². The van der Waals surface area contributed by atoms with Crippen molar-refractivity contribution < 1.29 is 19.0 Å². The maximum atomic E-state index is 13.4. The van der Waals surface area contributed by atoms with E-state index in [9.17, 15) is 14.3 Å². The smallest absolute Gasteiger partial charge is 0.409 e. The topological polar surface area (TPSA) is 77.9 Å². The van der Waals surface area contributed by atoms with Crippen LogP contribution < -0.4 is 0 Å². The molecule has 0 atom stereocenters. The summed E-state index contributed by atoms with van der Waals surface area (Å²) in [6.45, 7) is 3.34. The van der Waals surface area contributed by atoms with Crippen molar-refractivity contribution in [2.75, 3.05) is 19.7 Å². The summed E-state index contributed by atoms with van der Waals surface area (Å²) < 4.78 is 18.4. The maximum absolute atomic E-state index is 13.4. The standard InChI is InChI=1S/C17H20FN3O3/c1-2-24-17(23)21-7-5-12(6-8-21)19-10-14-13-9-11(18)3-4-15(13)20-16(14)22/h3-4,9-10,12,20,22H,2,5-8H2,1H3. The molecular weight excluding hydrogens is 313 g/mol. The number of benzene rings is 1. The van der Waals surface area contributed by atoms with Crippen molar-refractivity contribution in [3.63, 3.8) is 0 Å². The van der Waals surface area contributed by atoms with Gasteiger partial charge in [0.25, 0.3) is 0 Å². The number of aromatic hydroxyl groups is 1. The predicted octanol–water partition coefficient (Wildman–Crippen LogP) is 3.05. The first kappa shape index (κ1) is 16.3. The molecule has 1 fully saturated rings. The molecule has 6 nitrogen and oxygen atoms in total. The molecule has 1 saturated heterocycles. The van der Waals surface area contributed by atoms with Crippen LogP contribution in [0.5, 0.6) is 5.88 Å². The third-order valence-electron chi connectivity index (χ3n) is 4.18. The van der Waals surface area contributed by atoms with E-state index in [1.165, 1.54) is 12.1 Å². The van der Waals surface area contributed by atoms with Crippen LogP contribution in [-0.2, 0) is 4.74 Å². The summed E-state index contributed by atoms with van der Waals surface area (Å²) in [6.07, 6.45) is 2.75. The normalized spacial score (nSPS) is 16.2. The molecule has 0 bridgehead atoms. The largest absolute Gasteiger partial charge is 0.494 e. The average Bonchev–Trinajstić information content (AvgIpc) is 2.88. The number of aliphatic imine (C=N–C) groups is 1. The number of hydrogen-bond donors (Lipinski definition) is 2. The Labute approximate surface area is 138 Å². The number of nitrogens with one attached hydrogen (secondary N) is 1. The van der Waals surface area contributed by atoms with Gasteiger partial charge in [0.1, 0.15) is 5.82 Å². The van der Waals surface area contributed by atoms with Gasteiger partial charge >= 0.3 is 6.09 Å². The maximum Gasteiger partial charge on any atom is 0.409 e. The summed E-state index contributed by atoms with van der Waals surface area (Å²) in [4.78, 5) is 20.6. The number of carbonyl (C=O) groups is 1. The number of halogens is 1. The fourth-order valence-corrected chi connectivity index (χ4v) is 2.89. The minimum atomic E-state index is -0.362. The Balaban J connectivity index is 1.68. The van der Waals surface area contributed by atoms with Crippen molar-refractivity contribution in [2.45, 2.75) is 25.8 Å². The summed E-state index contributed by atoms with van der Waals surface area (Å²) in [5, 5.41) is 10.6. The van der Waals surface area contributed by atoms with E-state index in [2.05, 4.69) is 9.98 Å². The van der Waals surface area contributed by atoms with E-state index in [0.717, 1.165) is 12.8 Å². The van der Waals surface area contributed by atoms with Crippen molar-refractivity contribution in [1.82, 2.24) is 9.88 Å². The van der Waals surface area contributed by atoms with Crippen LogP contribution in [0.2, 0.25) is 0 Å². The first-order valence-electron chi connectivity index (χ1n) is 8.03. The van der Waals surface area contributed by atoms with Crippen LogP contribution in [-0.4, -0.2) is 53.0 Å². The molecule has 2 aromatic rings. The van der Waals surface area contributed by atoms with Crippen molar-refractivity contribution in [1.29, 1.82) is 0 Å². The number of ether oxygens (including phenoxy) is 1. The molecule has 0 unspecified atom stereocenters. The van der Waals surface area contributed by atoms with Crippen LogP contribution >= 0.6 is 0 Å². The zero-order valence-corrected chi connectivity index (χ0v) is 13.5. The van der Waals surface area contributed by atoms with Gasteiger partial charge in [0.05, 0.1) is 18.2 Å². The first-order valence-corrected chi connectivity index (χ1v) is 8.03. The molecule has 1 amide bonds. The molecule has 1 aromatic heterocycles. The van der Waals surface area contributed by atoms with Crippen LogP contribution in [0.25, 0.3) is 10.9 Å². The molecule has 128 valence electrons. The highest BCUT2D eigenvalue weighted by Crippen LogP contribution is 2.26. The van der Waals surface area contributed by atoms with Gasteiger partial charge in [-0.25, -0.2) is 9.18 Å². The van der Waals surface area contributed by atoms with E-state index in [1.807, 2.05) is 0 Å². The van der Waals surface area contributed by atoms with Crippen LogP contribution in [0.1, 0.15) is 25.3 Å². The number of fused-ring (bicyclic) bond motifs is 1. The molecule has 3 rings (SSSR count). The van der Waals surface area contributed by atoms with E-state index >= 15 is 0 Å². The minimum Gasteiger partial charge on any atom is -0.494 e. The van der Waals surface area contributed by atoms with Crippen molar-refractivity contribution in [3.8, 4) is 5.88 Å². The molecule has 1 aliphatic rings. The van der Waals surface area contributed by atoms with Crippen molar-refractivity contribution in [2.24, 2.45) is 4.99 Å². The number of carbonyl (C=O) groups excluding carboxylic acids is 1. The van der Waals surface area contributed by atoms with Crippen LogP contribution in [0.4, 0.5) is 9.18 Å². The number of aromatic amines is 1. The molecule has 2 heterocycles. The fourth-order valence-electron chi connectivity index (χ4n) is 2.89. The van der Waals surface area contributed by atoms with Gasteiger partial charge in [-0.2, -0.15) is 0 Å². The van der Waals surface area contributed by atoms with Gasteiger partial charge in [0.15, 0.2) is 5.88 Å². The number of amides is 1. The SMILES string of the molecule is CCOC(=O)N1CCC(N=Cc2c(O)[nH]c3ccc(F)cc23)CC1. The Kier molecular flexibility index (Phi) is 4.69. The molecule has 24 heavy (non-hydrogen) atoms. The lowest BCUT2D eigenvalue weighted by atomic mass is 10.1. The zero-order chi connectivity index (χ0) is 17.1. The van der Waals surface area contributed by atoms with Gasteiger partial charge in [0.2, 0.25) is 0 Å². The summed E-state index contributed by atoms with van der Waals surface area (Å²) in [6, 6.07) is 4.36. The number of H-pyrrole nitrogens is 1. The van der Waals surface area contributed by atoms with Gasteiger partial charge in [-0.3, -0.25) is 4.99 Å². The van der Waals surface area contributed by atoms with E-state index in [1.54, 1.807) is 24.1 Å². The molecule has 2 N–H and O–H groups in total. The summed E-state index contributed by atoms with van der Waals surface area (Å²) in [5.41, 5.74) is 1.14. The van der Waals surface area contributed by atoms with Gasteiger partial charge in [-0.05, 0) is 38.0 Å². The average molecular weight is 333 g/mol. The molecule has 7 heteroatoms. The molecular formula is C17H20FN3O3. The van der Waals surface area contributed by atoms with Gasteiger partial charge in [-0.1, -0.05) is 0 Å². The number of nitrogens with zero attached hydrogens (tertiary/aromatic N) is 2. The van der Waals surface area contributed by atoms with Gasteiger partial charge in [-0.15, -0.1) is 0 Å². The van der Waals surface area contributed by atoms with Crippen LogP contribution in [0, 0.1) is 5.82 Å². The Hall–Kier alpha value is -2.57. The lowest BCUT2D eigenvalue weighted by Crippen LogP contribution is -2.40. The Morgan fingerprint density at radius 3 is 2.96 bits per heavy atom. The van der Waals surface area contributed by atoms with E-state index in [-0.39, 0.29) is 23.8 Å². The van der Waals surface area contributed by atoms with Crippen molar-refractivity contribution in [3.05, 3.63) is 29.6 Å². The van der Waals surface area contributed by atoms with Crippen molar-refractivity contribution >= 4 is 23.2 Å². The van der Waals surface area contributed by atoms with E-state index in [0.29, 0.717) is 36.2 Å². The Bertz CT molecular complexity index is 764. The van der Waals surface area contributed by atoms with E-state index < -0.39 is 0 Å². The molecule has 1 aliphatic heterocycles. The number of hydrogen-bond acceptors (Lipinski definition) is 4. The lowest BCUT2D eigenvalue weighted by molar-refractivity contribution is 0.0975. The third-order valence-corrected chi connectivity index (χ3v) is 4.18. The highest BCUT2D eigenvalue weighted by molar-refractivity contribution is 6.02. The lowest BCUT2D eigenvalue weighted by Gasteiger charge is -2.29. The monoisotopic (exact) mass is 333 g/mol. The second-order valence-electron chi connectivity index (χ2n) is 5.77. The van der Waals surface area contributed by atoms with Gasteiger partial charge < -0.3 is 19.7 Å². The number of likely N-dealkylation sites (tertiary alicyclic amines) is 1. The first-order chi connectivity index (χ1) is 11.6. The van der Waals surface area contributed by atoms with Gasteiger partial charge in [0, 0.05) is 30.2 Å². The highest BCUT2D eigenvalue weighted by atomic mass is 19.1. The molecule has 0 aliphatic carbocycles. The summed E-state index contributed by atoms with van der Waals surface area (Å²) in [7, 11) is 0. The zero-order valence-electron chi connectivity index (χ0n) is 13.5. The predicted molar refractivity (Wildman–Crippen MR) is 89.1 cm³/mol. The second-order valence-corrected chi connectivity index (χ2v) is 5.77. The molecule has 0 radical (unpaired) electrons. The third kappa shape index (κ3) is 3.34. The summed E-state index contributed by atoms with van der Waals surface area (Å²) >= 11 is 0. The molecule has 1 aromatic carbocycles. The number of piperidine rings is 1. The minimum absolute atomic E-state index is 0.0247. The second kappa shape index (κ2) is 6.90. The number of aromatic nitrogens is 1. The molecule has 0 spiro atoms. The molecule has 0 saturated carbocycles. The fraction of sp³-hybridized carbons (Fsp3) is 0.412. The quantitative estimate of drug-likeness (QED) is 0.848. The Morgan fingerprint density at radius 1 is 1.50 bits per heavy atom. The number of rotatable bonds is 3. The van der Waals surface area contributed by atoms with Crippen LogP contribution in [0.15, 0.2) is 23.2 Å². The van der Waals surface area contributed by atoms with Crippen LogP contribution in [0.3, 0.4) is 0 Å². The summed E-state index contributed by atoms with van der Waals surface area (Å²) in [5.74, 6) is -0.387. The Morgan fingerprint density at radius 2 is 2.25 bits per heavy atom.